The Balaban J connectivity index is 2.35. The normalized spacial score (nSPS) is 37.0. The topological polar surface area (TPSA) is 35.8 Å². The lowest BCUT2D eigenvalue weighted by atomic mass is 10.2. The number of rotatable bonds is 0. The predicted octanol–water partition coefficient (Wildman–Crippen LogP) is 0.827. The fourth-order valence-corrected chi connectivity index (χ4v) is 1.08. The average molecular weight is 131 g/mol. The van der Waals surface area contributed by atoms with E-state index < -0.39 is 0 Å². The number of nitrogens with one attached hydrogen (secondary N) is 1. The fourth-order valence-electron chi connectivity index (χ4n) is 0.800. The molecule has 1 fully saturated rings. The molecule has 1 heterocycles. The van der Waals surface area contributed by atoms with Crippen molar-refractivity contribution in [2.24, 2.45) is 0 Å². The van der Waals surface area contributed by atoms with E-state index in [4.69, 9.17) is 16.9 Å². The SMILES string of the molecule is N#CC1CCC(Cl)N1. The molecule has 0 aliphatic carbocycles. The van der Waals surface area contributed by atoms with Crippen LogP contribution in [0.1, 0.15) is 12.8 Å². The molecular weight excluding hydrogens is 124 g/mol. The maximum absolute atomic E-state index is 8.31. The highest BCUT2D eigenvalue weighted by Gasteiger charge is 2.20. The van der Waals surface area contributed by atoms with Crippen molar-refractivity contribution in [3.63, 3.8) is 0 Å². The molecule has 1 saturated heterocycles. The zero-order valence-corrected chi connectivity index (χ0v) is 5.15. The molecule has 1 rings (SSSR count). The summed E-state index contributed by atoms with van der Waals surface area (Å²) in [6.45, 7) is 0. The van der Waals surface area contributed by atoms with Crippen molar-refractivity contribution in [2.75, 3.05) is 0 Å². The third kappa shape index (κ3) is 1.12. The molecule has 3 heteroatoms. The van der Waals surface area contributed by atoms with Crippen molar-refractivity contribution in [3.8, 4) is 6.07 Å². The summed E-state index contributed by atoms with van der Waals surface area (Å²) in [4.78, 5) is 0. The van der Waals surface area contributed by atoms with E-state index in [1.165, 1.54) is 0 Å². The van der Waals surface area contributed by atoms with Crippen LogP contribution in [-0.4, -0.2) is 11.5 Å². The molecule has 1 N–H and O–H groups in total. The molecule has 0 aromatic rings. The van der Waals surface area contributed by atoms with Crippen molar-refractivity contribution in [1.29, 1.82) is 5.26 Å². The number of nitriles is 1. The third-order valence-electron chi connectivity index (χ3n) is 1.25. The molecule has 0 saturated carbocycles. The van der Waals surface area contributed by atoms with Gasteiger partial charge in [-0.15, -0.1) is 11.6 Å². The molecule has 0 aromatic heterocycles. The number of hydrogen-bond acceptors (Lipinski definition) is 2. The highest BCUT2D eigenvalue weighted by Crippen LogP contribution is 2.13. The summed E-state index contributed by atoms with van der Waals surface area (Å²) in [5, 5.41) is 11.2. The summed E-state index contributed by atoms with van der Waals surface area (Å²) in [5.74, 6) is 0. The second-order valence-corrected chi connectivity index (χ2v) is 2.42. The van der Waals surface area contributed by atoms with Gasteiger partial charge < -0.3 is 0 Å². The molecular formula is C5H7ClN2. The quantitative estimate of drug-likeness (QED) is 0.390. The summed E-state index contributed by atoms with van der Waals surface area (Å²) in [6.07, 6.45) is 1.81. The van der Waals surface area contributed by atoms with Crippen molar-refractivity contribution in [3.05, 3.63) is 0 Å². The van der Waals surface area contributed by atoms with E-state index >= 15 is 0 Å². The minimum atomic E-state index is -0.00231. The number of nitrogens with zero attached hydrogens (tertiary/aromatic N) is 1. The molecule has 2 atom stereocenters. The van der Waals surface area contributed by atoms with E-state index in [-0.39, 0.29) is 11.5 Å². The van der Waals surface area contributed by atoms with E-state index in [2.05, 4.69) is 11.4 Å². The van der Waals surface area contributed by atoms with Crippen LogP contribution in [0.25, 0.3) is 0 Å². The first-order valence-corrected chi connectivity index (χ1v) is 3.06. The molecule has 0 spiro atoms. The molecule has 0 amide bonds. The van der Waals surface area contributed by atoms with Gasteiger partial charge in [0.2, 0.25) is 0 Å². The standard InChI is InChI=1S/C5H7ClN2/c6-5-2-1-4(3-7)8-5/h4-5,8H,1-2H2. The first-order chi connectivity index (χ1) is 3.83. The van der Waals surface area contributed by atoms with Gasteiger partial charge in [0.15, 0.2) is 0 Å². The zero-order valence-electron chi connectivity index (χ0n) is 4.39. The summed E-state index contributed by atoms with van der Waals surface area (Å²) < 4.78 is 0. The van der Waals surface area contributed by atoms with Crippen molar-refractivity contribution in [2.45, 2.75) is 24.4 Å². The number of alkyl halides is 1. The second-order valence-electron chi connectivity index (χ2n) is 1.89. The first kappa shape index (κ1) is 5.87. The minimum absolute atomic E-state index is 0.00231. The lowest BCUT2D eigenvalue weighted by molar-refractivity contribution is 0.716. The monoisotopic (exact) mass is 130 g/mol. The number of halogens is 1. The van der Waals surface area contributed by atoms with Crippen molar-refractivity contribution in [1.82, 2.24) is 5.32 Å². The van der Waals surface area contributed by atoms with Crippen LogP contribution in [0.3, 0.4) is 0 Å². The van der Waals surface area contributed by atoms with Crippen LogP contribution in [0.15, 0.2) is 0 Å². The molecule has 0 aromatic carbocycles. The van der Waals surface area contributed by atoms with Crippen LogP contribution >= 0.6 is 11.6 Å². The third-order valence-corrected chi connectivity index (χ3v) is 1.59. The Morgan fingerprint density at radius 1 is 1.62 bits per heavy atom. The van der Waals surface area contributed by atoms with E-state index in [9.17, 15) is 0 Å². The van der Waals surface area contributed by atoms with E-state index in [0.717, 1.165) is 12.8 Å². The van der Waals surface area contributed by atoms with Gasteiger partial charge in [0.05, 0.1) is 17.6 Å². The highest BCUT2D eigenvalue weighted by molar-refractivity contribution is 6.20. The van der Waals surface area contributed by atoms with E-state index in [0.29, 0.717) is 0 Å². The lowest BCUT2D eigenvalue weighted by Gasteiger charge is -1.97. The van der Waals surface area contributed by atoms with Gasteiger partial charge in [-0.3, -0.25) is 5.32 Å². The Labute approximate surface area is 53.4 Å². The first-order valence-electron chi connectivity index (χ1n) is 2.62. The van der Waals surface area contributed by atoms with Gasteiger partial charge in [0.1, 0.15) is 0 Å². The molecule has 44 valence electrons. The van der Waals surface area contributed by atoms with Gasteiger partial charge in [0, 0.05) is 0 Å². The Morgan fingerprint density at radius 3 is 2.62 bits per heavy atom. The smallest absolute Gasteiger partial charge is 0.0965 e. The van der Waals surface area contributed by atoms with Crippen molar-refractivity contribution >= 4 is 11.6 Å². The van der Waals surface area contributed by atoms with Gasteiger partial charge >= 0.3 is 0 Å². The van der Waals surface area contributed by atoms with Crippen LogP contribution < -0.4 is 5.32 Å². The van der Waals surface area contributed by atoms with Crippen molar-refractivity contribution < 1.29 is 0 Å². The molecule has 8 heavy (non-hydrogen) atoms. The molecule has 1 aliphatic heterocycles. The van der Waals surface area contributed by atoms with Gasteiger partial charge in [0.25, 0.3) is 0 Å². The van der Waals surface area contributed by atoms with Gasteiger partial charge in [-0.1, -0.05) is 0 Å². The van der Waals surface area contributed by atoms with Gasteiger partial charge in [-0.25, -0.2) is 0 Å². The average Bonchev–Trinajstić information content (AvgIpc) is 2.14. The zero-order chi connectivity index (χ0) is 5.98. The van der Waals surface area contributed by atoms with Gasteiger partial charge in [-0.05, 0) is 12.8 Å². The van der Waals surface area contributed by atoms with Crippen LogP contribution in [-0.2, 0) is 0 Å². The Morgan fingerprint density at radius 2 is 2.38 bits per heavy atom. The minimum Gasteiger partial charge on any atom is -0.286 e. The predicted molar refractivity (Wildman–Crippen MR) is 31.4 cm³/mol. The van der Waals surface area contributed by atoms with Crippen LogP contribution in [0.2, 0.25) is 0 Å². The summed E-state index contributed by atoms with van der Waals surface area (Å²) in [7, 11) is 0. The summed E-state index contributed by atoms with van der Waals surface area (Å²) >= 11 is 5.62. The molecule has 1 aliphatic rings. The highest BCUT2D eigenvalue weighted by atomic mass is 35.5. The van der Waals surface area contributed by atoms with E-state index in [1.807, 2.05) is 0 Å². The Bertz CT molecular complexity index is 118. The maximum atomic E-state index is 8.31. The van der Waals surface area contributed by atoms with Crippen LogP contribution in [0, 0.1) is 11.3 Å². The number of hydrogen-bond donors (Lipinski definition) is 1. The molecule has 2 nitrogen and oxygen atoms in total. The summed E-state index contributed by atoms with van der Waals surface area (Å²) in [6, 6.07) is 2.10. The Hall–Kier alpha value is -0.260. The molecule has 0 bridgehead atoms. The van der Waals surface area contributed by atoms with Crippen LogP contribution in [0.4, 0.5) is 0 Å². The second kappa shape index (κ2) is 2.34. The fraction of sp³-hybridized carbons (Fsp3) is 0.800. The van der Waals surface area contributed by atoms with E-state index in [1.54, 1.807) is 0 Å². The molecule has 0 radical (unpaired) electrons. The largest absolute Gasteiger partial charge is 0.286 e. The lowest BCUT2D eigenvalue weighted by Crippen LogP contribution is -2.23. The van der Waals surface area contributed by atoms with Crippen LogP contribution in [0.5, 0.6) is 0 Å². The summed E-state index contributed by atoms with van der Waals surface area (Å²) in [5.41, 5.74) is 0.0275. The Kier molecular flexibility index (Phi) is 1.72. The van der Waals surface area contributed by atoms with Gasteiger partial charge in [-0.2, -0.15) is 5.26 Å². The maximum Gasteiger partial charge on any atom is 0.0965 e. The molecule has 2 unspecified atom stereocenters.